The summed E-state index contributed by atoms with van der Waals surface area (Å²) in [5.74, 6) is -0.521. The molecule has 2 aromatic rings. The van der Waals surface area contributed by atoms with Crippen molar-refractivity contribution in [1.82, 2.24) is 15.5 Å². The van der Waals surface area contributed by atoms with E-state index in [1.54, 1.807) is 14.7 Å². The predicted octanol–water partition coefficient (Wildman–Crippen LogP) is 3.38. The number of halogens is 2. The third-order valence-corrected chi connectivity index (χ3v) is 5.34. The molecule has 28 heavy (non-hydrogen) atoms. The number of nitrogens with zero attached hydrogens (tertiary/aromatic N) is 1. The summed E-state index contributed by atoms with van der Waals surface area (Å²) in [7, 11) is 3.19. The molecular formula is C19H22BFIN4O2. The van der Waals surface area contributed by atoms with Crippen LogP contribution in [-0.2, 0) is 4.65 Å². The Labute approximate surface area is 178 Å². The first-order valence-electron chi connectivity index (χ1n) is 9.14. The molecule has 1 aliphatic rings. The zero-order chi connectivity index (χ0) is 19.9. The van der Waals surface area contributed by atoms with Crippen molar-refractivity contribution in [3.8, 4) is 0 Å². The molecule has 0 spiro atoms. The van der Waals surface area contributed by atoms with Gasteiger partial charge >= 0.3 is 7.62 Å². The van der Waals surface area contributed by atoms with Crippen LogP contribution in [0.4, 0.5) is 15.9 Å². The van der Waals surface area contributed by atoms with E-state index in [4.69, 9.17) is 4.65 Å². The maximum atomic E-state index is 13.8. The highest BCUT2D eigenvalue weighted by Crippen LogP contribution is 2.23. The largest absolute Gasteiger partial charge is 0.427 e. The Kier molecular flexibility index (Phi) is 7.63. The van der Waals surface area contributed by atoms with Crippen LogP contribution in [0.15, 0.2) is 36.5 Å². The number of hydrogen-bond acceptors (Lipinski definition) is 5. The SMILES string of the molecule is CO[B]NC1CCC(NC(=O)c2cc(F)cnc2Nc2cccc(I)c2)CC1. The Morgan fingerprint density at radius 1 is 1.25 bits per heavy atom. The van der Waals surface area contributed by atoms with Crippen LogP contribution in [0.5, 0.6) is 0 Å². The van der Waals surface area contributed by atoms with Crippen LogP contribution in [0, 0.1) is 9.39 Å². The lowest BCUT2D eigenvalue weighted by molar-refractivity contribution is 0.0925. The first-order chi connectivity index (χ1) is 13.5. The predicted molar refractivity (Wildman–Crippen MR) is 116 cm³/mol. The van der Waals surface area contributed by atoms with Crippen molar-refractivity contribution in [3.05, 3.63) is 51.5 Å². The van der Waals surface area contributed by atoms with Gasteiger partial charge in [0, 0.05) is 22.4 Å². The maximum absolute atomic E-state index is 13.8. The van der Waals surface area contributed by atoms with Crippen LogP contribution in [0.3, 0.4) is 0 Å². The van der Waals surface area contributed by atoms with Gasteiger partial charge in [-0.25, -0.2) is 9.37 Å². The first-order valence-corrected chi connectivity index (χ1v) is 10.2. The Balaban J connectivity index is 1.65. The number of rotatable bonds is 7. The van der Waals surface area contributed by atoms with Gasteiger partial charge in [0.15, 0.2) is 0 Å². The van der Waals surface area contributed by atoms with Crippen molar-refractivity contribution in [3.63, 3.8) is 0 Å². The maximum Gasteiger partial charge on any atom is 0.395 e. The molecule has 0 aliphatic heterocycles. The average molecular weight is 495 g/mol. The summed E-state index contributed by atoms with van der Waals surface area (Å²) in [6, 6.07) is 9.30. The molecule has 0 saturated heterocycles. The van der Waals surface area contributed by atoms with E-state index in [1.165, 1.54) is 6.07 Å². The average Bonchev–Trinajstić information content (AvgIpc) is 2.69. The van der Waals surface area contributed by atoms with Gasteiger partial charge in [0.05, 0.1) is 11.8 Å². The van der Waals surface area contributed by atoms with E-state index in [-0.39, 0.29) is 17.5 Å². The third kappa shape index (κ3) is 5.89. The van der Waals surface area contributed by atoms with Crippen LogP contribution in [-0.4, -0.2) is 37.7 Å². The number of hydrogen-bond donors (Lipinski definition) is 3. The molecule has 3 rings (SSSR count). The number of aromatic nitrogens is 1. The number of amides is 1. The second-order valence-electron chi connectivity index (χ2n) is 6.73. The number of carbonyl (C=O) groups is 1. The molecule has 9 heteroatoms. The summed E-state index contributed by atoms with van der Waals surface area (Å²) in [5.41, 5.74) is 0.993. The van der Waals surface area contributed by atoms with Crippen molar-refractivity contribution in [2.75, 3.05) is 12.4 Å². The van der Waals surface area contributed by atoms with Crippen LogP contribution >= 0.6 is 22.6 Å². The zero-order valence-electron chi connectivity index (χ0n) is 15.5. The van der Waals surface area contributed by atoms with Crippen molar-refractivity contribution < 1.29 is 13.8 Å². The van der Waals surface area contributed by atoms with Crippen molar-refractivity contribution in [2.24, 2.45) is 0 Å². The fourth-order valence-electron chi connectivity index (χ4n) is 3.25. The van der Waals surface area contributed by atoms with E-state index < -0.39 is 5.82 Å². The minimum absolute atomic E-state index is 0.0573. The fraction of sp³-hybridized carbons (Fsp3) is 0.368. The first kappa shape index (κ1) is 21.0. The van der Waals surface area contributed by atoms with E-state index in [1.807, 2.05) is 24.3 Å². The standard InChI is InChI=1S/C19H22BFIN4O2/c1-28-20-26-15-7-5-14(6-8-15)25-19(27)17-9-12(21)11-23-18(17)24-16-4-2-3-13(22)10-16/h2-4,9-11,14-15,26H,5-8H2,1H3,(H,23,24)(H,25,27). The molecule has 0 bridgehead atoms. The lowest BCUT2D eigenvalue weighted by atomic mass is 9.89. The van der Waals surface area contributed by atoms with Gasteiger partial charge in [0.1, 0.15) is 11.6 Å². The van der Waals surface area contributed by atoms with Gasteiger partial charge < -0.3 is 20.5 Å². The van der Waals surface area contributed by atoms with Gasteiger partial charge in [-0.15, -0.1) is 0 Å². The van der Waals surface area contributed by atoms with Gasteiger partial charge in [-0.05, 0) is 78.6 Å². The molecule has 1 aliphatic carbocycles. The third-order valence-electron chi connectivity index (χ3n) is 4.67. The Hall–Kier alpha value is -1.72. The van der Waals surface area contributed by atoms with Crippen LogP contribution in [0.1, 0.15) is 36.0 Å². The summed E-state index contributed by atoms with van der Waals surface area (Å²) in [6.07, 6.45) is 4.67. The van der Waals surface area contributed by atoms with E-state index in [2.05, 4.69) is 43.4 Å². The molecule has 3 N–H and O–H groups in total. The molecule has 1 radical (unpaired) electrons. The molecule has 6 nitrogen and oxygen atoms in total. The topological polar surface area (TPSA) is 75.3 Å². The Morgan fingerprint density at radius 3 is 2.71 bits per heavy atom. The summed E-state index contributed by atoms with van der Waals surface area (Å²) in [4.78, 5) is 16.9. The van der Waals surface area contributed by atoms with E-state index in [9.17, 15) is 9.18 Å². The summed E-state index contributed by atoms with van der Waals surface area (Å²) in [5, 5.41) is 9.33. The highest BCUT2D eigenvalue weighted by molar-refractivity contribution is 14.1. The smallest absolute Gasteiger partial charge is 0.395 e. The summed E-state index contributed by atoms with van der Waals surface area (Å²) in [6.45, 7) is 0. The normalized spacial score (nSPS) is 19.1. The number of benzene rings is 1. The highest BCUT2D eigenvalue weighted by atomic mass is 127. The summed E-state index contributed by atoms with van der Waals surface area (Å²) >= 11 is 2.21. The van der Waals surface area contributed by atoms with E-state index in [0.717, 1.165) is 41.1 Å². The van der Waals surface area contributed by atoms with Crippen molar-refractivity contribution >= 4 is 47.6 Å². The number of carbonyl (C=O) groups excluding carboxylic acids is 1. The minimum Gasteiger partial charge on any atom is -0.427 e. The fourth-order valence-corrected chi connectivity index (χ4v) is 3.79. The molecule has 147 valence electrons. The van der Waals surface area contributed by atoms with Gasteiger partial charge in [-0.3, -0.25) is 4.79 Å². The Morgan fingerprint density at radius 2 is 2.00 bits per heavy atom. The quantitative estimate of drug-likeness (QED) is 0.406. The monoisotopic (exact) mass is 495 g/mol. The number of anilines is 2. The van der Waals surface area contributed by atoms with Gasteiger partial charge in [-0.1, -0.05) is 6.07 Å². The van der Waals surface area contributed by atoms with Crippen LogP contribution in [0.25, 0.3) is 0 Å². The van der Waals surface area contributed by atoms with Crippen LogP contribution < -0.4 is 15.9 Å². The van der Waals surface area contributed by atoms with E-state index in [0.29, 0.717) is 11.9 Å². The lowest BCUT2D eigenvalue weighted by Gasteiger charge is -2.29. The van der Waals surface area contributed by atoms with Crippen molar-refractivity contribution in [1.29, 1.82) is 0 Å². The van der Waals surface area contributed by atoms with Gasteiger partial charge in [0.2, 0.25) is 0 Å². The molecule has 1 saturated carbocycles. The van der Waals surface area contributed by atoms with E-state index >= 15 is 0 Å². The van der Waals surface area contributed by atoms with Crippen molar-refractivity contribution in [2.45, 2.75) is 37.8 Å². The molecule has 0 atom stereocenters. The molecule has 1 amide bonds. The number of nitrogens with one attached hydrogen (secondary N) is 3. The lowest BCUT2D eigenvalue weighted by Crippen LogP contribution is -2.43. The molecular weight excluding hydrogens is 473 g/mol. The second kappa shape index (κ2) is 10.2. The molecule has 1 aromatic heterocycles. The second-order valence-corrected chi connectivity index (χ2v) is 7.97. The zero-order valence-corrected chi connectivity index (χ0v) is 17.7. The molecule has 0 unspecified atom stereocenters. The Bertz CT molecular complexity index is 818. The minimum atomic E-state index is -0.540. The summed E-state index contributed by atoms with van der Waals surface area (Å²) < 4.78 is 19.7. The van der Waals surface area contributed by atoms with Crippen LogP contribution in [0.2, 0.25) is 0 Å². The molecule has 1 heterocycles. The highest BCUT2D eigenvalue weighted by Gasteiger charge is 2.24. The van der Waals surface area contributed by atoms with Gasteiger partial charge in [-0.2, -0.15) is 0 Å². The molecule has 1 fully saturated rings. The molecule has 1 aromatic carbocycles. The number of pyridine rings is 1. The van der Waals surface area contributed by atoms with Gasteiger partial charge in [0.25, 0.3) is 5.91 Å².